The average molecular weight is 1430 g/mol. The molecule has 17 nitrogen and oxygen atoms in total. The van der Waals surface area contributed by atoms with Crippen LogP contribution in [0.3, 0.4) is 0 Å². The number of alkyl halides is 4. The summed E-state index contributed by atoms with van der Waals surface area (Å²) in [7, 11) is 0. The van der Waals surface area contributed by atoms with Crippen molar-refractivity contribution in [1.82, 2.24) is 54.9 Å². The fraction of sp³-hybridized carbons (Fsp3) is 0.590. The minimum atomic E-state index is -2.65. The van der Waals surface area contributed by atoms with Gasteiger partial charge in [-0.3, -0.25) is 43.5 Å². The van der Waals surface area contributed by atoms with E-state index in [1.54, 1.807) is 0 Å². The second-order valence-corrected chi connectivity index (χ2v) is 30.8. The molecule has 2 aliphatic carbocycles. The number of nitrogens with zero attached hydrogens (tertiary/aromatic N) is 9. The van der Waals surface area contributed by atoms with Crippen LogP contribution in [-0.2, 0) is 56.1 Å². The maximum atomic E-state index is 13.8. The molecule has 0 spiro atoms. The predicted octanol–water partition coefficient (Wildman–Crippen LogP) is 15.3. The largest absolute Gasteiger partial charge is 0.349 e. The van der Waals surface area contributed by atoms with Gasteiger partial charge in [0.25, 0.3) is 5.91 Å². The molecule has 7 aliphatic rings. The number of imide groups is 1. The highest BCUT2D eigenvalue weighted by atomic mass is 19.3. The number of piperidine rings is 2. The number of likely N-dealkylation sites (tertiary alicyclic amines) is 1. The van der Waals surface area contributed by atoms with Gasteiger partial charge in [-0.05, 0) is 196 Å². The van der Waals surface area contributed by atoms with Gasteiger partial charge in [0.1, 0.15) is 34.9 Å². The lowest BCUT2D eigenvalue weighted by atomic mass is 9.86. The average Bonchev–Trinajstić information content (AvgIpc) is 1.61. The molecule has 4 unspecified atom stereocenters. The number of carbonyl (C=O) groups excluding carboxylic acids is 6. The number of hydrogen-bond acceptors (Lipinski definition) is 12. The smallest absolute Gasteiger partial charge is 0.260 e. The van der Waals surface area contributed by atoms with Gasteiger partial charge in [0.05, 0.1) is 18.5 Å². The Morgan fingerprint density at radius 3 is 1.26 bits per heavy atom. The van der Waals surface area contributed by atoms with Crippen molar-refractivity contribution in [3.8, 4) is 0 Å². The molecule has 2 N–H and O–H groups in total. The fourth-order valence-electron chi connectivity index (χ4n) is 17.8. The summed E-state index contributed by atoms with van der Waals surface area (Å²) >= 11 is 0. The minimum absolute atomic E-state index is 0. The molecule has 7 heterocycles. The molecule has 2 saturated carbocycles. The molecule has 6 aromatic rings. The first-order valence-electron chi connectivity index (χ1n) is 38.5. The fourth-order valence-corrected chi connectivity index (χ4v) is 17.8. The van der Waals surface area contributed by atoms with Crippen molar-refractivity contribution in [2.24, 2.45) is 11.8 Å². The Morgan fingerprint density at radius 1 is 0.500 bits per heavy atom. The summed E-state index contributed by atoms with van der Waals surface area (Å²) in [4.78, 5) is 80.3. The van der Waals surface area contributed by atoms with Crippen LogP contribution in [0.1, 0.15) is 261 Å². The molecule has 0 radical (unpaired) electrons. The highest BCUT2D eigenvalue weighted by Gasteiger charge is 2.45. The van der Waals surface area contributed by atoms with Crippen LogP contribution < -0.4 is 10.6 Å². The van der Waals surface area contributed by atoms with Gasteiger partial charge in [-0.2, -0.15) is 0 Å². The van der Waals surface area contributed by atoms with Crippen LogP contribution in [0, 0.1) is 25.7 Å². The van der Waals surface area contributed by atoms with Gasteiger partial charge in [0, 0.05) is 125 Å². The Labute approximate surface area is 611 Å². The van der Waals surface area contributed by atoms with Gasteiger partial charge < -0.3 is 19.8 Å². The van der Waals surface area contributed by atoms with Crippen LogP contribution >= 0.6 is 0 Å². The molecule has 2 aromatic heterocycles. The zero-order chi connectivity index (χ0) is 72.2. The predicted molar refractivity (Wildman–Crippen MR) is 393 cm³/mol. The Morgan fingerprint density at radius 2 is 0.885 bits per heavy atom. The highest BCUT2D eigenvalue weighted by Crippen LogP contribution is 2.45. The number of aryl methyl sites for hydroxylation is 7. The molecule has 4 aromatic carbocycles. The first-order valence-corrected chi connectivity index (χ1v) is 38.5. The lowest BCUT2D eigenvalue weighted by Crippen LogP contribution is -2.47. The first-order chi connectivity index (χ1) is 49.7. The van der Waals surface area contributed by atoms with Crippen molar-refractivity contribution in [3.63, 3.8) is 0 Å². The lowest BCUT2D eigenvalue weighted by molar-refractivity contribution is -0.136. The number of halogens is 4. The zero-order valence-electron chi connectivity index (χ0n) is 60.5. The van der Waals surface area contributed by atoms with Crippen LogP contribution in [0.15, 0.2) is 109 Å². The number of β-lactam (4-membered cyclic amide) rings is 1. The van der Waals surface area contributed by atoms with Crippen molar-refractivity contribution >= 4 is 35.2 Å². The van der Waals surface area contributed by atoms with E-state index in [-0.39, 0.29) is 124 Å². The van der Waals surface area contributed by atoms with Crippen LogP contribution in [0.25, 0.3) is 0 Å². The van der Waals surface area contributed by atoms with Gasteiger partial charge in [0.15, 0.2) is 0 Å². The topological polar surface area (TPSA) is 198 Å². The molecular weight excluding hydrogens is 1320 g/mol. The van der Waals surface area contributed by atoms with Crippen LogP contribution in [0.5, 0.6) is 0 Å². The molecule has 5 aliphatic heterocycles. The summed E-state index contributed by atoms with van der Waals surface area (Å²) in [5, 5.41) is 24.8. The molecule has 5 saturated heterocycles. The quantitative estimate of drug-likeness (QED) is 0.0142. The van der Waals surface area contributed by atoms with Crippen molar-refractivity contribution in [3.05, 3.63) is 166 Å². The van der Waals surface area contributed by atoms with Gasteiger partial charge >= 0.3 is 0 Å². The number of ketones is 2. The molecule has 4 amide bonds. The monoisotopic (exact) mass is 1430 g/mol. The number of unbranched alkanes of at least 4 members (excludes halogenated alkanes) is 2. The van der Waals surface area contributed by atoms with Crippen LogP contribution in [0.2, 0.25) is 0 Å². The SMILES string of the molecule is C.CC(=O)CC(=O)CCc1ccc(CCCCc2nnc(C)n2C2CC3CCC(C2)N3CC[C@H](NC(=O)C2CCC(F)(F)CC2)c2ccccc2)cc1.Cc1nnc(CCCCc2ccc(C(=O)N3CCC3=O)cc2)n1C1CC2CCC(C1)N2CC[C@H](NC(=O)C1CCC(F)(F)CC1)c1ccccc1. The minimum Gasteiger partial charge on any atom is -0.349 e. The van der Waals surface area contributed by atoms with Crippen molar-refractivity contribution in [2.45, 2.75) is 281 Å². The van der Waals surface area contributed by atoms with Crippen molar-refractivity contribution in [2.75, 3.05) is 19.6 Å². The van der Waals surface area contributed by atoms with Crippen LogP contribution in [-0.4, -0.2) is 135 Å². The number of aromatic nitrogens is 6. The van der Waals surface area contributed by atoms with E-state index < -0.39 is 11.8 Å². The third-order valence-corrected chi connectivity index (χ3v) is 23.6. The molecule has 104 heavy (non-hydrogen) atoms. The van der Waals surface area contributed by atoms with E-state index in [2.05, 4.69) is 112 Å². The number of nitrogens with one attached hydrogen (secondary N) is 2. The third kappa shape index (κ3) is 20.0. The Balaban J connectivity index is 0.000000206. The summed E-state index contributed by atoms with van der Waals surface area (Å²) in [5.74, 6) is -2.48. The lowest BCUT2D eigenvalue weighted by Gasteiger charge is -2.40. The molecule has 7 fully saturated rings. The second kappa shape index (κ2) is 35.5. The standard InChI is InChI=1S/C42H55F2N5O3.C40H50F2N6O3.CH4/c1-29(50)26-38(51)19-16-32-14-12-31(13-15-32)8-6-7-11-40-47-46-30(2)49(40)37-27-35-17-18-36(28-37)48(35)25-22-39(33-9-4-3-5-10-33)45-41(52)34-20-23-42(43,44)24-21-34;1-27-44-45-36(10-6-5-7-28-11-13-31(14-12-28)39(51)47-24-20-37(47)49)48(27)34-25-32-15-16-33(26-34)46(32)23-19-35(29-8-3-2-4-9-29)43-38(50)30-17-21-40(41,42)22-18-30;/h3-5,9-10,12-15,34-37,39H,6-8,11,16-28H2,1-2H3,(H,45,52);2-4,8-9,11-14,30,32-35H,5-7,10,15-26H2,1H3,(H,43,50);1H4/t35?,36?,37?,39-;32?,33?,34?,35-;/m00./s1. The molecule has 560 valence electrons. The Bertz CT molecular complexity index is 3800. The summed E-state index contributed by atoms with van der Waals surface area (Å²) in [6.45, 7) is 7.86. The normalized spacial score (nSPS) is 22.9. The van der Waals surface area contributed by atoms with Crippen LogP contribution in [0.4, 0.5) is 17.6 Å². The second-order valence-electron chi connectivity index (χ2n) is 30.8. The Hall–Kier alpha value is -7.78. The highest BCUT2D eigenvalue weighted by molar-refractivity contribution is 6.07. The van der Waals surface area contributed by atoms with E-state index >= 15 is 0 Å². The van der Waals surface area contributed by atoms with E-state index in [4.69, 9.17) is 0 Å². The van der Waals surface area contributed by atoms with E-state index in [1.807, 2.05) is 60.7 Å². The molecule has 13 rings (SSSR count). The Kier molecular flexibility index (Phi) is 26.4. The number of amides is 4. The van der Waals surface area contributed by atoms with Gasteiger partial charge in [-0.15, -0.1) is 20.4 Å². The number of hydrogen-bond donors (Lipinski definition) is 2. The maximum absolute atomic E-state index is 13.8. The molecule has 4 bridgehead atoms. The maximum Gasteiger partial charge on any atom is 0.260 e. The molecule has 6 atom stereocenters. The third-order valence-electron chi connectivity index (χ3n) is 23.6. The summed E-state index contributed by atoms with van der Waals surface area (Å²) in [5.41, 5.74) is 6.27. The van der Waals surface area contributed by atoms with E-state index in [0.717, 1.165) is 156 Å². The van der Waals surface area contributed by atoms with E-state index in [9.17, 15) is 46.3 Å². The van der Waals surface area contributed by atoms with Crippen molar-refractivity contribution < 1.29 is 46.3 Å². The zero-order valence-corrected chi connectivity index (χ0v) is 60.5. The number of rotatable bonds is 30. The first kappa shape index (κ1) is 77.3. The van der Waals surface area contributed by atoms with Gasteiger partial charge in [-0.1, -0.05) is 104 Å². The molecule has 21 heteroatoms. The summed E-state index contributed by atoms with van der Waals surface area (Å²) in [6, 6.07) is 38.6. The van der Waals surface area contributed by atoms with Gasteiger partial charge in [0.2, 0.25) is 29.6 Å². The van der Waals surface area contributed by atoms with Crippen molar-refractivity contribution in [1.29, 1.82) is 0 Å². The van der Waals surface area contributed by atoms with E-state index in [1.165, 1.54) is 35.8 Å². The number of fused-ring (bicyclic) bond motifs is 4. The molecular formula is C83H109F4N11O6. The summed E-state index contributed by atoms with van der Waals surface area (Å²) < 4.78 is 59.9. The van der Waals surface area contributed by atoms with Gasteiger partial charge in [-0.25, -0.2) is 17.6 Å². The van der Waals surface area contributed by atoms with E-state index in [0.29, 0.717) is 67.6 Å². The number of Topliss-reactive ketones (excluding diaryl/α,β-unsaturated/α-hetero) is 2. The summed E-state index contributed by atoms with van der Waals surface area (Å²) in [6.07, 6.45) is 19.9. The number of carbonyl (C=O) groups is 6. The number of benzene rings is 4.